The molecule has 0 bridgehead atoms. The molecule has 1 amide bonds. The summed E-state index contributed by atoms with van der Waals surface area (Å²) in [5.74, 6) is 1.58. The summed E-state index contributed by atoms with van der Waals surface area (Å²) in [5, 5.41) is 0. The van der Waals surface area contributed by atoms with Gasteiger partial charge in [0.1, 0.15) is 11.5 Å². The normalized spacial score (nSPS) is 14.3. The number of carbonyl (C=O) groups is 1. The van der Waals surface area contributed by atoms with Gasteiger partial charge in [-0.15, -0.1) is 0 Å². The lowest BCUT2D eigenvalue weighted by molar-refractivity contribution is 0.0708. The Hall–Kier alpha value is -3.34. The first kappa shape index (κ1) is 21.9. The number of benzene rings is 2. The average Bonchev–Trinajstić information content (AvgIpc) is 2.85. The van der Waals surface area contributed by atoms with E-state index in [9.17, 15) is 4.79 Å². The van der Waals surface area contributed by atoms with E-state index in [2.05, 4.69) is 44.2 Å². The number of carbonyl (C=O) groups excluding carboxylic acids is 1. The zero-order valence-electron chi connectivity index (χ0n) is 19.2. The van der Waals surface area contributed by atoms with Gasteiger partial charge in [-0.1, -0.05) is 24.3 Å². The first-order valence-corrected chi connectivity index (χ1v) is 11.1. The Morgan fingerprint density at radius 2 is 1.78 bits per heavy atom. The smallest absolute Gasteiger partial charge is 0.257 e. The number of pyridine rings is 1. The molecule has 32 heavy (non-hydrogen) atoms. The lowest BCUT2D eigenvalue weighted by atomic mass is 9.91. The number of nitrogens with zero attached hydrogens (tertiary/aromatic N) is 2. The fraction of sp³-hybridized carbons (Fsp3) is 0.333. The van der Waals surface area contributed by atoms with E-state index in [0.29, 0.717) is 36.1 Å². The first-order valence-electron chi connectivity index (χ1n) is 11.1. The van der Waals surface area contributed by atoms with Gasteiger partial charge in [-0.3, -0.25) is 9.78 Å². The molecule has 1 saturated heterocycles. The molecular weight excluding hydrogens is 400 g/mol. The van der Waals surface area contributed by atoms with Crippen LogP contribution in [0.1, 0.15) is 45.9 Å². The maximum atomic E-state index is 13.1. The highest BCUT2D eigenvalue weighted by atomic mass is 16.5. The number of rotatable bonds is 5. The zero-order valence-corrected chi connectivity index (χ0v) is 19.2. The van der Waals surface area contributed by atoms with Crippen molar-refractivity contribution in [1.29, 1.82) is 0 Å². The van der Waals surface area contributed by atoms with Crippen molar-refractivity contribution in [2.75, 3.05) is 27.3 Å². The number of piperidine rings is 1. The van der Waals surface area contributed by atoms with Gasteiger partial charge in [-0.2, -0.15) is 0 Å². The second-order valence-electron chi connectivity index (χ2n) is 8.35. The average molecular weight is 431 g/mol. The summed E-state index contributed by atoms with van der Waals surface area (Å²) in [5.41, 5.74) is 6.64. The Bertz CT molecular complexity index is 1100. The molecule has 1 aromatic heterocycles. The van der Waals surface area contributed by atoms with E-state index in [0.717, 1.165) is 24.1 Å². The Balaban J connectivity index is 1.43. The summed E-state index contributed by atoms with van der Waals surface area (Å²) in [7, 11) is 3.18. The summed E-state index contributed by atoms with van der Waals surface area (Å²) in [6, 6.07) is 16.0. The van der Waals surface area contributed by atoms with Crippen molar-refractivity contribution < 1.29 is 14.3 Å². The number of amides is 1. The molecule has 0 radical (unpaired) electrons. The maximum Gasteiger partial charge on any atom is 0.257 e. The van der Waals surface area contributed by atoms with Crippen molar-refractivity contribution >= 4 is 5.91 Å². The molecule has 2 aromatic carbocycles. The fourth-order valence-electron chi connectivity index (χ4n) is 4.39. The molecule has 1 fully saturated rings. The van der Waals surface area contributed by atoms with Crippen molar-refractivity contribution in [1.82, 2.24) is 9.88 Å². The van der Waals surface area contributed by atoms with E-state index >= 15 is 0 Å². The van der Waals surface area contributed by atoms with Crippen molar-refractivity contribution in [3.05, 3.63) is 77.1 Å². The highest BCUT2D eigenvalue weighted by Crippen LogP contribution is 2.32. The van der Waals surface area contributed by atoms with Gasteiger partial charge in [-0.05, 0) is 61.6 Å². The summed E-state index contributed by atoms with van der Waals surface area (Å²) in [4.78, 5) is 19.8. The van der Waals surface area contributed by atoms with Gasteiger partial charge in [-0.25, -0.2) is 0 Å². The highest BCUT2D eigenvalue weighted by Gasteiger charge is 2.27. The number of aryl methyl sites for hydroxylation is 1. The van der Waals surface area contributed by atoms with Gasteiger partial charge in [0.25, 0.3) is 5.91 Å². The van der Waals surface area contributed by atoms with Gasteiger partial charge in [0, 0.05) is 42.5 Å². The minimum atomic E-state index is 0.00110. The van der Waals surface area contributed by atoms with Gasteiger partial charge in [0.15, 0.2) is 0 Å². The van der Waals surface area contributed by atoms with Crippen LogP contribution in [0.25, 0.3) is 11.1 Å². The molecule has 4 rings (SSSR count). The minimum absolute atomic E-state index is 0.00110. The van der Waals surface area contributed by atoms with Gasteiger partial charge in [0.2, 0.25) is 0 Å². The molecule has 166 valence electrons. The highest BCUT2D eigenvalue weighted by molar-refractivity contribution is 5.97. The largest absolute Gasteiger partial charge is 0.497 e. The predicted molar refractivity (Wildman–Crippen MR) is 127 cm³/mol. The van der Waals surface area contributed by atoms with E-state index in [1.165, 1.54) is 16.7 Å². The summed E-state index contributed by atoms with van der Waals surface area (Å²) in [6.07, 6.45) is 3.79. The Morgan fingerprint density at radius 1 is 1.00 bits per heavy atom. The van der Waals surface area contributed by atoms with Crippen molar-refractivity contribution in [2.24, 2.45) is 0 Å². The molecular formula is C27H30N2O3. The third-order valence-electron chi connectivity index (χ3n) is 6.54. The topological polar surface area (TPSA) is 51.7 Å². The molecule has 0 N–H and O–H groups in total. The fourth-order valence-corrected chi connectivity index (χ4v) is 4.39. The van der Waals surface area contributed by atoms with E-state index < -0.39 is 0 Å². The molecule has 5 heteroatoms. The van der Waals surface area contributed by atoms with Gasteiger partial charge < -0.3 is 14.4 Å². The molecule has 0 spiro atoms. The first-order chi connectivity index (χ1) is 15.5. The van der Waals surface area contributed by atoms with E-state index in [1.54, 1.807) is 32.4 Å². The van der Waals surface area contributed by atoms with E-state index in [1.807, 2.05) is 11.1 Å². The Kier molecular flexibility index (Phi) is 6.45. The molecule has 0 aliphatic carbocycles. The van der Waals surface area contributed by atoms with Crippen LogP contribution in [0, 0.1) is 13.8 Å². The number of likely N-dealkylation sites (tertiary alicyclic amines) is 1. The van der Waals surface area contributed by atoms with Gasteiger partial charge in [0.05, 0.1) is 19.8 Å². The molecule has 2 heterocycles. The minimum Gasteiger partial charge on any atom is -0.497 e. The summed E-state index contributed by atoms with van der Waals surface area (Å²) >= 11 is 0. The lowest BCUT2D eigenvalue weighted by Gasteiger charge is -2.32. The molecule has 1 aliphatic heterocycles. The van der Waals surface area contributed by atoms with E-state index in [-0.39, 0.29) is 5.91 Å². The third kappa shape index (κ3) is 4.33. The van der Waals surface area contributed by atoms with Crippen molar-refractivity contribution in [2.45, 2.75) is 32.6 Å². The molecule has 3 aromatic rings. The maximum absolute atomic E-state index is 13.1. The summed E-state index contributed by atoms with van der Waals surface area (Å²) < 4.78 is 10.7. The number of aromatic nitrogens is 1. The number of hydrogen-bond acceptors (Lipinski definition) is 4. The number of methoxy groups -OCH3 is 2. The van der Waals surface area contributed by atoms with Crippen LogP contribution in [-0.2, 0) is 0 Å². The standard InChI is InChI=1S/C27H30N2O3/c1-18-6-5-7-23(19(18)2)21-8-11-25(28-17-21)20-12-14-29(15-13-20)27(30)24-10-9-22(31-3)16-26(24)32-4/h5-11,16-17,20H,12-15H2,1-4H3. The SMILES string of the molecule is COc1ccc(C(=O)N2CCC(c3ccc(-c4cccc(C)c4C)cn3)CC2)c(OC)c1. The van der Waals surface area contributed by atoms with Crippen molar-refractivity contribution in [3.8, 4) is 22.6 Å². The Labute approximate surface area is 190 Å². The van der Waals surface area contributed by atoms with Crippen molar-refractivity contribution in [3.63, 3.8) is 0 Å². The predicted octanol–water partition coefficient (Wildman–Crippen LogP) is 5.40. The monoisotopic (exact) mass is 430 g/mol. The van der Waals surface area contributed by atoms with Crippen LogP contribution < -0.4 is 9.47 Å². The lowest BCUT2D eigenvalue weighted by Crippen LogP contribution is -2.38. The number of ether oxygens (including phenoxy) is 2. The van der Waals surface area contributed by atoms with Crippen LogP contribution in [0.2, 0.25) is 0 Å². The quantitative estimate of drug-likeness (QED) is 0.544. The summed E-state index contributed by atoms with van der Waals surface area (Å²) in [6.45, 7) is 5.71. The van der Waals surface area contributed by atoms with Crippen LogP contribution >= 0.6 is 0 Å². The van der Waals surface area contributed by atoms with Crippen LogP contribution in [0.15, 0.2) is 54.7 Å². The Morgan fingerprint density at radius 3 is 2.44 bits per heavy atom. The molecule has 0 unspecified atom stereocenters. The van der Waals surface area contributed by atoms with Crippen LogP contribution in [0.4, 0.5) is 0 Å². The molecule has 5 nitrogen and oxygen atoms in total. The van der Waals surface area contributed by atoms with Crippen LogP contribution in [0.3, 0.4) is 0 Å². The number of hydrogen-bond donors (Lipinski definition) is 0. The third-order valence-corrected chi connectivity index (χ3v) is 6.54. The van der Waals surface area contributed by atoms with Gasteiger partial charge >= 0.3 is 0 Å². The zero-order chi connectivity index (χ0) is 22.7. The van der Waals surface area contributed by atoms with Crippen LogP contribution in [-0.4, -0.2) is 43.1 Å². The van der Waals surface area contributed by atoms with Crippen LogP contribution in [0.5, 0.6) is 11.5 Å². The second-order valence-corrected chi connectivity index (χ2v) is 8.35. The molecule has 1 aliphatic rings. The molecule has 0 saturated carbocycles. The van der Waals surface area contributed by atoms with E-state index in [4.69, 9.17) is 14.5 Å². The second kappa shape index (κ2) is 9.43. The molecule has 0 atom stereocenters.